The van der Waals surface area contributed by atoms with Crippen LogP contribution in [0.25, 0.3) is 0 Å². The molecule has 0 aromatic heterocycles. The largest absolute Gasteiger partial charge is 0.343 e. The molecular formula is C6H3I3O6. The normalized spacial score (nSPS) is 11.4. The van der Waals surface area contributed by atoms with Gasteiger partial charge in [-0.25, -0.2) is 18.4 Å². The van der Waals surface area contributed by atoms with Crippen LogP contribution in [0.4, 0.5) is 0 Å². The van der Waals surface area contributed by atoms with Gasteiger partial charge in [-0.3, -0.25) is 0 Å². The first kappa shape index (κ1) is 13.3. The molecule has 0 fully saturated rings. The predicted octanol–water partition coefficient (Wildman–Crippen LogP) is 2.79. The molecule has 0 bridgehead atoms. The van der Waals surface area contributed by atoms with Crippen molar-refractivity contribution in [3.05, 3.63) is 28.9 Å². The lowest BCUT2D eigenvalue weighted by atomic mass is 10.4. The summed E-state index contributed by atoms with van der Waals surface area (Å²) in [5.74, 6) is 0. The molecule has 0 unspecified atom stereocenters. The zero-order chi connectivity index (χ0) is 11.6. The molecule has 0 N–H and O–H groups in total. The number of rotatable bonds is 3. The molecule has 0 spiro atoms. The number of benzene rings is 1. The van der Waals surface area contributed by atoms with Crippen LogP contribution in [-0.2, 0) is 18.4 Å². The summed E-state index contributed by atoms with van der Waals surface area (Å²) in [6.07, 6.45) is 0. The summed E-state index contributed by atoms with van der Waals surface area (Å²) in [5, 5.41) is 0. The van der Waals surface area contributed by atoms with E-state index in [4.69, 9.17) is 0 Å². The van der Waals surface area contributed by atoms with Crippen molar-refractivity contribution in [2.24, 2.45) is 0 Å². The molecule has 0 saturated heterocycles. The van der Waals surface area contributed by atoms with Gasteiger partial charge in [-0.15, -0.1) is 0 Å². The molecule has 15 heavy (non-hydrogen) atoms. The van der Waals surface area contributed by atoms with E-state index in [0.717, 1.165) is 12.1 Å². The Hall–Kier alpha value is 0.210. The summed E-state index contributed by atoms with van der Waals surface area (Å²) in [6, 6.07) is 3.46. The fourth-order valence-corrected chi connectivity index (χ4v) is 9.40. The molecule has 9 heteroatoms. The van der Waals surface area contributed by atoms with Gasteiger partial charge in [0.25, 0.3) is 0 Å². The van der Waals surface area contributed by atoms with E-state index < -0.39 is 62.9 Å². The van der Waals surface area contributed by atoms with E-state index in [1.807, 2.05) is 0 Å². The average Bonchev–Trinajstić information content (AvgIpc) is 2.16. The van der Waals surface area contributed by atoms with Crippen LogP contribution in [0.3, 0.4) is 0 Å². The third kappa shape index (κ3) is 3.08. The second-order valence-corrected chi connectivity index (χ2v) is 9.31. The van der Waals surface area contributed by atoms with Crippen LogP contribution in [0.15, 0.2) is 18.2 Å². The second-order valence-electron chi connectivity index (χ2n) is 2.19. The molecule has 1 aromatic rings. The van der Waals surface area contributed by atoms with E-state index in [2.05, 4.69) is 0 Å². The van der Waals surface area contributed by atoms with Crippen molar-refractivity contribution in [1.29, 1.82) is 0 Å². The third-order valence-electron chi connectivity index (χ3n) is 1.39. The van der Waals surface area contributed by atoms with Gasteiger partial charge in [-0.2, -0.15) is 0 Å². The molecule has 0 aliphatic heterocycles. The van der Waals surface area contributed by atoms with E-state index in [-0.39, 0.29) is 7.14 Å². The van der Waals surface area contributed by atoms with E-state index in [1.165, 1.54) is 6.07 Å². The molecule has 1 aromatic carbocycles. The zero-order valence-electron chi connectivity index (χ0n) is 6.82. The van der Waals surface area contributed by atoms with E-state index in [0.29, 0.717) is 0 Å². The maximum Gasteiger partial charge on any atom is 0.343 e. The van der Waals surface area contributed by atoms with E-state index >= 15 is 0 Å². The average molecular weight is 552 g/mol. The van der Waals surface area contributed by atoms with Gasteiger partial charge in [0.2, 0.25) is 0 Å². The third-order valence-corrected chi connectivity index (χ3v) is 9.19. The van der Waals surface area contributed by atoms with E-state index in [1.54, 1.807) is 0 Å². The second kappa shape index (κ2) is 5.51. The van der Waals surface area contributed by atoms with Crippen LogP contribution in [0, 0.1) is 10.7 Å². The summed E-state index contributed by atoms with van der Waals surface area (Å²) >= 11 is -12.1. The molecular weight excluding hydrogens is 549 g/mol. The van der Waals surface area contributed by atoms with Gasteiger partial charge in [0.1, 0.15) is 3.57 Å². The van der Waals surface area contributed by atoms with Crippen molar-refractivity contribution in [1.82, 2.24) is 0 Å². The lowest BCUT2D eigenvalue weighted by Gasteiger charge is -1.95. The van der Waals surface area contributed by atoms with Crippen LogP contribution in [0.5, 0.6) is 0 Å². The van der Waals surface area contributed by atoms with Crippen LogP contribution < -0.4 is 0 Å². The molecule has 0 aliphatic rings. The number of hydrogen-bond donors (Lipinski definition) is 0. The topological polar surface area (TPSA) is 102 Å². The molecule has 0 amide bonds. The SMILES string of the molecule is O=I(=O)c1cccc(I(=O)=O)c1I(=O)=O. The van der Waals surface area contributed by atoms with Gasteiger partial charge in [0.15, 0.2) is 0 Å². The Morgan fingerprint density at radius 1 is 0.667 bits per heavy atom. The van der Waals surface area contributed by atoms with Crippen LogP contribution in [0.1, 0.15) is 0 Å². The van der Waals surface area contributed by atoms with Crippen LogP contribution >= 0.6 is 59.4 Å². The monoisotopic (exact) mass is 552 g/mol. The Morgan fingerprint density at radius 2 is 1.07 bits per heavy atom. The first-order chi connectivity index (χ1) is 6.95. The Bertz CT molecular complexity index is 543. The lowest BCUT2D eigenvalue weighted by molar-refractivity contribution is 0.606. The standard InChI is InChI=1S/C6H3I3O6/c10-7(11)4-2-1-3-5(8(12)13)6(4)9(14)15/h1-3H. The number of hydrogen-bond acceptors (Lipinski definition) is 6. The Morgan fingerprint density at radius 3 is 1.33 bits per heavy atom. The highest BCUT2D eigenvalue weighted by atomic mass is 127. The quantitative estimate of drug-likeness (QED) is 0.423. The van der Waals surface area contributed by atoms with Crippen molar-refractivity contribution >= 4 is 59.4 Å². The minimum atomic E-state index is -4.11. The molecule has 0 heterocycles. The lowest BCUT2D eigenvalue weighted by Crippen LogP contribution is -1.88. The smallest absolute Gasteiger partial charge is 0.230 e. The van der Waals surface area contributed by atoms with Crippen molar-refractivity contribution in [2.45, 2.75) is 0 Å². The maximum absolute atomic E-state index is 10.9. The summed E-state index contributed by atoms with van der Waals surface area (Å²) in [4.78, 5) is 0. The fourth-order valence-electron chi connectivity index (χ4n) is 0.863. The summed E-state index contributed by atoms with van der Waals surface area (Å²) < 4.78 is 63.7. The summed E-state index contributed by atoms with van der Waals surface area (Å²) in [7, 11) is 0. The highest BCUT2D eigenvalue weighted by Gasteiger charge is 2.19. The minimum absolute atomic E-state index is 0.346. The van der Waals surface area contributed by atoms with Gasteiger partial charge in [0, 0.05) is 0 Å². The molecule has 0 saturated carbocycles. The van der Waals surface area contributed by atoms with Crippen LogP contribution in [-0.4, -0.2) is 0 Å². The molecule has 84 valence electrons. The number of halogens is 3. The van der Waals surface area contributed by atoms with Crippen LogP contribution in [0.2, 0.25) is 0 Å². The Balaban J connectivity index is 3.79. The van der Waals surface area contributed by atoms with Gasteiger partial charge in [-0.05, 0) is 12.1 Å². The molecule has 6 nitrogen and oxygen atoms in total. The van der Waals surface area contributed by atoms with E-state index in [9.17, 15) is 18.4 Å². The van der Waals surface area contributed by atoms with Crippen molar-refractivity contribution < 1.29 is 18.4 Å². The van der Waals surface area contributed by atoms with Crippen molar-refractivity contribution in [3.63, 3.8) is 0 Å². The van der Waals surface area contributed by atoms with Gasteiger partial charge in [-0.1, -0.05) is 6.07 Å². The van der Waals surface area contributed by atoms with Gasteiger partial charge < -0.3 is 0 Å². The molecule has 1 rings (SSSR count). The molecule has 0 atom stereocenters. The first-order valence-electron chi connectivity index (χ1n) is 3.24. The molecule has 0 aliphatic carbocycles. The minimum Gasteiger partial charge on any atom is -0.230 e. The highest BCUT2D eigenvalue weighted by Crippen LogP contribution is 2.35. The highest BCUT2D eigenvalue weighted by molar-refractivity contribution is 14.2. The molecule has 0 radical (unpaired) electrons. The summed E-state index contributed by atoms with van der Waals surface area (Å²) in [6.45, 7) is 0. The predicted molar refractivity (Wildman–Crippen MR) is 68.7 cm³/mol. The van der Waals surface area contributed by atoms with Crippen molar-refractivity contribution in [3.8, 4) is 0 Å². The van der Waals surface area contributed by atoms with Crippen molar-refractivity contribution in [2.75, 3.05) is 0 Å². The Kier molecular flexibility index (Phi) is 4.88. The zero-order valence-corrected chi connectivity index (χ0v) is 13.3. The fraction of sp³-hybridized carbons (Fsp3) is 0. The maximum atomic E-state index is 10.9. The first-order valence-corrected chi connectivity index (χ1v) is 11.8. The Labute approximate surface area is 105 Å². The summed E-state index contributed by atoms with van der Waals surface area (Å²) in [5.41, 5.74) is 0. The van der Waals surface area contributed by atoms with Gasteiger partial charge >= 0.3 is 59.4 Å². The van der Waals surface area contributed by atoms with Gasteiger partial charge in [0.05, 0.1) is 7.14 Å².